The van der Waals surface area contributed by atoms with E-state index in [1.54, 1.807) is 0 Å². The number of fused-ring (bicyclic) bond motifs is 2. The summed E-state index contributed by atoms with van der Waals surface area (Å²) in [5.41, 5.74) is 0. The summed E-state index contributed by atoms with van der Waals surface area (Å²) in [6.07, 6.45) is 5.65. The third-order valence-electron chi connectivity index (χ3n) is 4.14. The largest absolute Gasteiger partial charge is 0.465 e. The van der Waals surface area contributed by atoms with Crippen molar-refractivity contribution in [2.75, 3.05) is 7.11 Å². The molecule has 1 fully saturated rings. The molecule has 1 aromatic rings. The molecule has 0 aromatic carbocycles. The lowest BCUT2D eigenvalue weighted by atomic mass is 9.93. The second-order valence-corrected chi connectivity index (χ2v) is 8.03. The average Bonchev–Trinajstić information content (AvgIpc) is 3.20. The van der Waals surface area contributed by atoms with Crippen LogP contribution in [0.15, 0.2) is 28.5 Å². The second kappa shape index (κ2) is 5.51. The van der Waals surface area contributed by atoms with Crippen molar-refractivity contribution >= 4 is 33.2 Å². The van der Waals surface area contributed by atoms with Crippen LogP contribution in [0, 0.1) is 17.8 Å². The molecule has 1 N–H and O–H groups in total. The molecule has 0 radical (unpaired) electrons. The van der Waals surface area contributed by atoms with Crippen LogP contribution in [0.1, 0.15) is 22.5 Å². The predicted molar refractivity (Wildman–Crippen MR) is 79.8 cm³/mol. The first-order valence-electron chi connectivity index (χ1n) is 6.83. The van der Waals surface area contributed by atoms with Crippen LogP contribution in [-0.4, -0.2) is 27.4 Å². The Morgan fingerprint density at radius 1 is 1.32 bits per heavy atom. The van der Waals surface area contributed by atoms with Crippen LogP contribution in [0.5, 0.6) is 0 Å². The van der Waals surface area contributed by atoms with Crippen molar-refractivity contribution in [3.8, 4) is 0 Å². The number of ether oxygens (including phenoxy) is 1. The minimum atomic E-state index is -4.07. The number of hydrogen-bond donors (Lipinski definition) is 1. The topological polar surface area (TPSA) is 89.5 Å². The number of hydrogen-bond acceptors (Lipinski definition) is 6. The van der Waals surface area contributed by atoms with Crippen molar-refractivity contribution in [3.05, 3.63) is 28.5 Å². The smallest absolute Gasteiger partial charge is 0.349 e. The number of thiophene rings is 1. The molecular formula is C14H15NO5S2. The Hall–Kier alpha value is -1.67. The summed E-state index contributed by atoms with van der Waals surface area (Å²) in [5.74, 6) is -1.06. The zero-order valence-corrected chi connectivity index (χ0v) is 13.4. The minimum absolute atomic E-state index is 0.0318. The van der Waals surface area contributed by atoms with E-state index in [1.807, 2.05) is 6.08 Å². The van der Waals surface area contributed by atoms with Crippen molar-refractivity contribution < 1.29 is 22.7 Å². The predicted octanol–water partition coefficient (Wildman–Crippen LogP) is 1.55. The number of methoxy groups -OCH3 is 1. The lowest BCUT2D eigenvalue weighted by molar-refractivity contribution is -0.123. The van der Waals surface area contributed by atoms with Gasteiger partial charge in [0.2, 0.25) is 5.91 Å². The van der Waals surface area contributed by atoms with Crippen LogP contribution in [0.3, 0.4) is 0 Å². The minimum Gasteiger partial charge on any atom is -0.465 e. The number of rotatable bonds is 4. The lowest BCUT2D eigenvalue weighted by Gasteiger charge is -2.17. The average molecular weight is 341 g/mol. The fourth-order valence-corrected chi connectivity index (χ4v) is 5.46. The Morgan fingerprint density at radius 3 is 2.68 bits per heavy atom. The number of allylic oxidation sites excluding steroid dienone is 2. The van der Waals surface area contributed by atoms with E-state index in [-0.39, 0.29) is 21.6 Å². The highest BCUT2D eigenvalue weighted by Gasteiger charge is 2.41. The molecule has 1 amide bonds. The zero-order valence-electron chi connectivity index (χ0n) is 11.8. The van der Waals surface area contributed by atoms with Gasteiger partial charge in [-0.3, -0.25) is 4.79 Å². The lowest BCUT2D eigenvalue weighted by Crippen LogP contribution is -2.37. The summed E-state index contributed by atoms with van der Waals surface area (Å²) in [7, 11) is -2.89. The quantitative estimate of drug-likeness (QED) is 0.663. The van der Waals surface area contributed by atoms with Gasteiger partial charge in [-0.1, -0.05) is 12.2 Å². The molecule has 2 aliphatic rings. The first-order valence-corrected chi connectivity index (χ1v) is 9.19. The molecule has 2 aliphatic carbocycles. The monoisotopic (exact) mass is 341 g/mol. The molecule has 8 heteroatoms. The first-order chi connectivity index (χ1) is 10.4. The van der Waals surface area contributed by atoms with E-state index in [9.17, 15) is 18.0 Å². The molecule has 3 atom stereocenters. The number of amides is 1. The van der Waals surface area contributed by atoms with Gasteiger partial charge in [0, 0.05) is 5.92 Å². The molecule has 0 saturated heterocycles. The molecular weight excluding hydrogens is 326 g/mol. The number of sulfonamides is 1. The fourth-order valence-electron chi connectivity index (χ4n) is 3.10. The van der Waals surface area contributed by atoms with Gasteiger partial charge in [0.25, 0.3) is 10.0 Å². The SMILES string of the molecule is COC(=O)c1sccc1S(=O)(=O)NC(=O)C1CC2C=CC1C2. The van der Waals surface area contributed by atoms with Gasteiger partial charge in [-0.05, 0) is 36.1 Å². The molecule has 118 valence electrons. The van der Waals surface area contributed by atoms with E-state index in [0.717, 1.165) is 17.8 Å². The molecule has 0 spiro atoms. The Bertz CT molecular complexity index is 749. The molecule has 0 aliphatic heterocycles. The van der Waals surface area contributed by atoms with Crippen molar-refractivity contribution in [1.82, 2.24) is 4.72 Å². The maximum Gasteiger partial charge on any atom is 0.349 e. The summed E-state index contributed by atoms with van der Waals surface area (Å²) in [5, 5.41) is 1.48. The fraction of sp³-hybridized carbons (Fsp3) is 0.429. The van der Waals surface area contributed by atoms with Crippen LogP contribution in [0.2, 0.25) is 0 Å². The maximum absolute atomic E-state index is 12.4. The summed E-state index contributed by atoms with van der Waals surface area (Å²) >= 11 is 0.964. The van der Waals surface area contributed by atoms with Crippen LogP contribution in [-0.2, 0) is 19.6 Å². The van der Waals surface area contributed by atoms with Crippen LogP contribution < -0.4 is 4.72 Å². The Kier molecular flexibility index (Phi) is 3.82. The van der Waals surface area contributed by atoms with Gasteiger partial charge in [0.05, 0.1) is 7.11 Å². The van der Waals surface area contributed by atoms with Crippen LogP contribution in [0.25, 0.3) is 0 Å². The maximum atomic E-state index is 12.4. The van der Waals surface area contributed by atoms with E-state index in [0.29, 0.717) is 12.3 Å². The summed E-state index contributed by atoms with van der Waals surface area (Å²) in [4.78, 5) is 23.6. The zero-order chi connectivity index (χ0) is 15.9. The normalized spacial score (nSPS) is 26.1. The molecule has 1 saturated carbocycles. The number of esters is 1. The molecule has 22 heavy (non-hydrogen) atoms. The van der Waals surface area contributed by atoms with Crippen LogP contribution >= 0.6 is 11.3 Å². The second-order valence-electron chi connectivity index (χ2n) is 5.46. The third kappa shape index (κ3) is 2.56. The van der Waals surface area contributed by atoms with E-state index < -0.39 is 21.9 Å². The van der Waals surface area contributed by atoms with Crippen molar-refractivity contribution in [1.29, 1.82) is 0 Å². The molecule has 3 unspecified atom stereocenters. The Labute approximate surface area is 132 Å². The van der Waals surface area contributed by atoms with Gasteiger partial charge >= 0.3 is 5.97 Å². The van der Waals surface area contributed by atoms with E-state index in [1.165, 1.54) is 18.6 Å². The first kappa shape index (κ1) is 15.2. The highest BCUT2D eigenvalue weighted by atomic mass is 32.2. The standard InChI is InChI=1S/C14H15NO5S2/c1-20-14(17)12-11(4-5-21-12)22(18,19)15-13(16)10-7-8-2-3-9(10)6-8/h2-5,8-10H,6-7H2,1H3,(H,15,16). The molecule has 1 heterocycles. The summed E-state index contributed by atoms with van der Waals surface area (Å²) < 4.78 is 31.4. The highest BCUT2D eigenvalue weighted by Crippen LogP contribution is 2.43. The number of carbonyl (C=O) groups is 2. The molecule has 1 aromatic heterocycles. The van der Waals surface area contributed by atoms with Gasteiger partial charge in [0.1, 0.15) is 9.77 Å². The van der Waals surface area contributed by atoms with E-state index in [2.05, 4.69) is 15.5 Å². The van der Waals surface area contributed by atoms with Crippen molar-refractivity contribution in [3.63, 3.8) is 0 Å². The summed E-state index contributed by atoms with van der Waals surface area (Å²) in [6.45, 7) is 0. The van der Waals surface area contributed by atoms with Gasteiger partial charge < -0.3 is 4.74 Å². The van der Waals surface area contributed by atoms with Crippen molar-refractivity contribution in [2.45, 2.75) is 17.7 Å². The van der Waals surface area contributed by atoms with Gasteiger partial charge in [-0.15, -0.1) is 11.3 Å². The van der Waals surface area contributed by atoms with Gasteiger partial charge in [-0.25, -0.2) is 17.9 Å². The number of nitrogens with one attached hydrogen (secondary N) is 1. The van der Waals surface area contributed by atoms with Crippen LogP contribution in [0.4, 0.5) is 0 Å². The van der Waals surface area contributed by atoms with Crippen molar-refractivity contribution in [2.24, 2.45) is 17.8 Å². The summed E-state index contributed by atoms with van der Waals surface area (Å²) in [6, 6.07) is 1.30. The molecule has 3 rings (SSSR count). The molecule has 6 nitrogen and oxygen atoms in total. The van der Waals surface area contributed by atoms with E-state index in [4.69, 9.17) is 0 Å². The molecule has 2 bridgehead atoms. The Morgan fingerprint density at radius 2 is 2.09 bits per heavy atom. The Balaban J connectivity index is 1.79. The van der Waals surface area contributed by atoms with E-state index >= 15 is 0 Å². The third-order valence-corrected chi connectivity index (χ3v) is 6.55. The highest BCUT2D eigenvalue weighted by molar-refractivity contribution is 7.90. The van der Waals surface area contributed by atoms with Gasteiger partial charge in [0.15, 0.2) is 0 Å². The number of carbonyl (C=O) groups excluding carboxylic acids is 2. The van der Waals surface area contributed by atoms with Gasteiger partial charge in [-0.2, -0.15) is 0 Å².